The van der Waals surface area contributed by atoms with Crippen LogP contribution < -0.4 is 0 Å². The molecule has 4 heteroatoms. The van der Waals surface area contributed by atoms with Crippen LogP contribution in [0, 0.1) is 5.82 Å². The van der Waals surface area contributed by atoms with Gasteiger partial charge in [0.25, 0.3) is 0 Å². The van der Waals surface area contributed by atoms with Crippen LogP contribution in [0.1, 0.15) is 0 Å². The van der Waals surface area contributed by atoms with E-state index in [4.69, 9.17) is 11.6 Å². The lowest BCUT2D eigenvalue weighted by molar-refractivity contribution is 0.471. The van der Waals surface area contributed by atoms with E-state index in [-0.39, 0.29) is 10.8 Å². The second-order valence-corrected chi connectivity index (χ2v) is 4.61. The minimum atomic E-state index is -0.642. The van der Waals surface area contributed by atoms with Crippen molar-refractivity contribution in [2.24, 2.45) is 0 Å². The standard InChI is InChI=1S/C15H9ClFNO/c16-12-6-11(15(19)7-13(12)17)10-5-9-3-1-2-4-14(9)18-8-10/h1-8,19H. The molecule has 0 bridgehead atoms. The van der Waals surface area contributed by atoms with Gasteiger partial charge < -0.3 is 5.11 Å². The Morgan fingerprint density at radius 2 is 1.89 bits per heavy atom. The van der Waals surface area contributed by atoms with Crippen LogP contribution in [-0.2, 0) is 0 Å². The van der Waals surface area contributed by atoms with Gasteiger partial charge in [-0.2, -0.15) is 0 Å². The summed E-state index contributed by atoms with van der Waals surface area (Å²) >= 11 is 5.75. The second-order valence-electron chi connectivity index (χ2n) is 4.20. The Hall–Kier alpha value is -2.13. The van der Waals surface area contributed by atoms with Gasteiger partial charge >= 0.3 is 0 Å². The fourth-order valence-corrected chi connectivity index (χ4v) is 2.15. The van der Waals surface area contributed by atoms with Crippen LogP contribution in [0.4, 0.5) is 4.39 Å². The number of aromatic nitrogens is 1. The average Bonchev–Trinajstić information content (AvgIpc) is 2.42. The number of aromatic hydroxyl groups is 1. The molecule has 19 heavy (non-hydrogen) atoms. The average molecular weight is 274 g/mol. The molecule has 0 saturated heterocycles. The molecular weight excluding hydrogens is 265 g/mol. The molecule has 0 spiro atoms. The molecule has 0 aliphatic heterocycles. The molecular formula is C15H9ClFNO. The van der Waals surface area contributed by atoms with Crippen molar-refractivity contribution in [1.29, 1.82) is 0 Å². The number of phenolic OH excluding ortho intramolecular Hbond substituents is 1. The van der Waals surface area contributed by atoms with Crippen LogP contribution in [0.15, 0.2) is 48.7 Å². The van der Waals surface area contributed by atoms with E-state index in [9.17, 15) is 9.50 Å². The highest BCUT2D eigenvalue weighted by Gasteiger charge is 2.10. The number of rotatable bonds is 1. The maximum Gasteiger partial charge on any atom is 0.145 e. The molecule has 2 aromatic carbocycles. The first-order valence-corrected chi connectivity index (χ1v) is 6.06. The molecule has 0 saturated carbocycles. The monoisotopic (exact) mass is 273 g/mol. The number of nitrogens with zero attached hydrogens (tertiary/aromatic N) is 1. The van der Waals surface area contributed by atoms with Gasteiger partial charge in [0.1, 0.15) is 11.6 Å². The first-order chi connectivity index (χ1) is 9.15. The number of fused-ring (bicyclic) bond motifs is 1. The van der Waals surface area contributed by atoms with Gasteiger partial charge in [-0.1, -0.05) is 29.8 Å². The molecule has 94 valence electrons. The molecule has 0 amide bonds. The molecule has 1 N–H and O–H groups in total. The van der Waals surface area contributed by atoms with E-state index in [1.165, 1.54) is 6.07 Å². The molecule has 0 atom stereocenters. The Morgan fingerprint density at radius 3 is 2.74 bits per heavy atom. The molecule has 0 radical (unpaired) electrons. The van der Waals surface area contributed by atoms with Crippen LogP contribution >= 0.6 is 11.6 Å². The Labute approximate surface area is 114 Å². The van der Waals surface area contributed by atoms with Crippen molar-refractivity contribution >= 4 is 22.5 Å². The highest BCUT2D eigenvalue weighted by atomic mass is 35.5. The fourth-order valence-electron chi connectivity index (χ4n) is 1.99. The van der Waals surface area contributed by atoms with E-state index in [2.05, 4.69) is 4.98 Å². The number of halogens is 2. The summed E-state index contributed by atoms with van der Waals surface area (Å²) in [6.45, 7) is 0. The smallest absolute Gasteiger partial charge is 0.145 e. The van der Waals surface area contributed by atoms with Gasteiger partial charge in [0.2, 0.25) is 0 Å². The SMILES string of the molecule is Oc1cc(F)c(Cl)cc1-c1cnc2ccccc2c1. The molecule has 0 aliphatic carbocycles. The summed E-state index contributed by atoms with van der Waals surface area (Å²) in [5.41, 5.74) is 2.02. The number of benzene rings is 2. The predicted molar refractivity (Wildman–Crippen MR) is 73.8 cm³/mol. The molecule has 0 unspecified atom stereocenters. The van der Waals surface area contributed by atoms with Crippen LogP contribution in [0.3, 0.4) is 0 Å². The van der Waals surface area contributed by atoms with Gasteiger partial charge in [0, 0.05) is 28.8 Å². The first kappa shape index (κ1) is 11.9. The summed E-state index contributed by atoms with van der Waals surface area (Å²) in [5, 5.41) is 10.7. The second kappa shape index (κ2) is 4.52. The van der Waals surface area contributed by atoms with Crippen molar-refractivity contribution in [3.8, 4) is 16.9 Å². The van der Waals surface area contributed by atoms with Crippen molar-refractivity contribution in [1.82, 2.24) is 4.98 Å². The van der Waals surface area contributed by atoms with E-state index in [1.807, 2.05) is 30.3 Å². The van der Waals surface area contributed by atoms with Crippen molar-refractivity contribution in [3.63, 3.8) is 0 Å². The number of para-hydroxylation sites is 1. The lowest BCUT2D eigenvalue weighted by Crippen LogP contribution is -1.86. The normalized spacial score (nSPS) is 10.8. The van der Waals surface area contributed by atoms with Crippen LogP contribution in [0.2, 0.25) is 5.02 Å². The number of phenols is 1. The van der Waals surface area contributed by atoms with Gasteiger partial charge in [-0.05, 0) is 18.2 Å². The molecule has 0 aliphatic rings. The summed E-state index contributed by atoms with van der Waals surface area (Å²) in [6, 6.07) is 11.9. The zero-order valence-corrected chi connectivity index (χ0v) is 10.5. The minimum Gasteiger partial charge on any atom is -0.507 e. The number of hydrogen-bond acceptors (Lipinski definition) is 2. The Bertz CT molecular complexity index is 773. The summed E-state index contributed by atoms with van der Waals surface area (Å²) < 4.78 is 13.2. The largest absolute Gasteiger partial charge is 0.507 e. The van der Waals surface area contributed by atoms with Crippen molar-refractivity contribution < 1.29 is 9.50 Å². The summed E-state index contributed by atoms with van der Waals surface area (Å²) in [7, 11) is 0. The zero-order valence-electron chi connectivity index (χ0n) is 9.77. The van der Waals surface area contributed by atoms with Crippen LogP contribution in [0.5, 0.6) is 5.75 Å². The molecule has 1 heterocycles. The first-order valence-electron chi connectivity index (χ1n) is 5.68. The van der Waals surface area contributed by atoms with E-state index < -0.39 is 5.82 Å². The molecule has 2 nitrogen and oxygen atoms in total. The van der Waals surface area contributed by atoms with E-state index in [1.54, 1.807) is 6.20 Å². The van der Waals surface area contributed by atoms with Gasteiger partial charge in [-0.25, -0.2) is 4.39 Å². The van der Waals surface area contributed by atoms with Crippen molar-refractivity contribution in [3.05, 3.63) is 59.5 Å². The number of pyridine rings is 1. The Kier molecular flexibility index (Phi) is 2.84. The zero-order chi connectivity index (χ0) is 13.4. The Morgan fingerprint density at radius 1 is 1.11 bits per heavy atom. The molecule has 1 aromatic heterocycles. The summed E-state index contributed by atoms with van der Waals surface area (Å²) in [6.07, 6.45) is 1.63. The third kappa shape index (κ3) is 2.13. The van der Waals surface area contributed by atoms with Crippen LogP contribution in [-0.4, -0.2) is 10.1 Å². The third-order valence-corrected chi connectivity index (χ3v) is 3.23. The third-order valence-electron chi connectivity index (χ3n) is 2.94. The Balaban J connectivity index is 2.21. The summed E-state index contributed by atoms with van der Waals surface area (Å²) in [4.78, 5) is 4.30. The van der Waals surface area contributed by atoms with Crippen molar-refractivity contribution in [2.45, 2.75) is 0 Å². The lowest BCUT2D eigenvalue weighted by atomic mass is 10.0. The maximum atomic E-state index is 13.2. The highest BCUT2D eigenvalue weighted by Crippen LogP contribution is 2.34. The molecule has 0 fully saturated rings. The molecule has 3 rings (SSSR count). The fraction of sp³-hybridized carbons (Fsp3) is 0. The number of hydrogen-bond donors (Lipinski definition) is 1. The topological polar surface area (TPSA) is 33.1 Å². The van der Waals surface area contributed by atoms with E-state index >= 15 is 0 Å². The van der Waals surface area contributed by atoms with Crippen molar-refractivity contribution in [2.75, 3.05) is 0 Å². The molecule has 3 aromatic rings. The van der Waals surface area contributed by atoms with Gasteiger partial charge in [-0.3, -0.25) is 4.98 Å². The van der Waals surface area contributed by atoms with Gasteiger partial charge in [0.05, 0.1) is 10.5 Å². The minimum absolute atomic E-state index is 0.0269. The van der Waals surface area contributed by atoms with E-state index in [0.29, 0.717) is 11.1 Å². The van der Waals surface area contributed by atoms with Gasteiger partial charge in [-0.15, -0.1) is 0 Å². The van der Waals surface area contributed by atoms with Crippen LogP contribution in [0.25, 0.3) is 22.0 Å². The predicted octanol–water partition coefficient (Wildman–Crippen LogP) is 4.40. The van der Waals surface area contributed by atoms with Gasteiger partial charge in [0.15, 0.2) is 0 Å². The lowest BCUT2D eigenvalue weighted by Gasteiger charge is -2.07. The summed E-state index contributed by atoms with van der Waals surface area (Å²) in [5.74, 6) is -0.796. The quantitative estimate of drug-likeness (QED) is 0.713. The highest BCUT2D eigenvalue weighted by molar-refractivity contribution is 6.31. The maximum absolute atomic E-state index is 13.2. The van der Waals surface area contributed by atoms with E-state index in [0.717, 1.165) is 17.0 Å².